The Balaban J connectivity index is 2.18. The molecular weight excluding hydrogens is 456 g/mol. The molecular formula is C21H15ClF4N2O4. The van der Waals surface area contributed by atoms with Crippen molar-refractivity contribution in [2.24, 2.45) is 0 Å². The second kappa shape index (κ2) is 8.91. The molecule has 1 N–H and O–H groups in total. The van der Waals surface area contributed by atoms with Gasteiger partial charge in [-0.25, -0.2) is 4.39 Å². The third-order valence-electron chi connectivity index (χ3n) is 4.31. The SMILES string of the molecule is COc1c(Cl)c(C(F)(F)F)cc(Oc2ccc(F)cc2C)c1C(=O)Nc1ccc[n+]([O-])c1. The Kier molecular flexibility index (Phi) is 6.45. The molecule has 0 atom stereocenters. The summed E-state index contributed by atoms with van der Waals surface area (Å²) in [7, 11) is 1.04. The lowest BCUT2D eigenvalue weighted by Gasteiger charge is -2.20. The molecule has 1 aromatic heterocycles. The number of amides is 1. The third kappa shape index (κ3) is 4.86. The van der Waals surface area contributed by atoms with Crippen molar-refractivity contribution in [1.29, 1.82) is 0 Å². The van der Waals surface area contributed by atoms with Gasteiger partial charge in [0.15, 0.2) is 11.9 Å². The highest BCUT2D eigenvalue weighted by Crippen LogP contribution is 2.46. The van der Waals surface area contributed by atoms with Crippen LogP contribution in [0.4, 0.5) is 23.2 Å². The summed E-state index contributed by atoms with van der Waals surface area (Å²) in [5.74, 6) is -2.63. The summed E-state index contributed by atoms with van der Waals surface area (Å²) in [6.07, 6.45) is -2.67. The Morgan fingerprint density at radius 1 is 1.19 bits per heavy atom. The predicted molar refractivity (Wildman–Crippen MR) is 108 cm³/mol. The van der Waals surface area contributed by atoms with E-state index >= 15 is 0 Å². The molecule has 0 spiro atoms. The summed E-state index contributed by atoms with van der Waals surface area (Å²) in [5.41, 5.74) is -1.40. The van der Waals surface area contributed by atoms with Gasteiger partial charge in [0, 0.05) is 6.07 Å². The van der Waals surface area contributed by atoms with Gasteiger partial charge >= 0.3 is 6.18 Å². The quantitative estimate of drug-likeness (QED) is 0.304. The number of aromatic nitrogens is 1. The molecule has 0 saturated carbocycles. The number of rotatable bonds is 5. The van der Waals surface area contributed by atoms with E-state index < -0.39 is 45.5 Å². The highest BCUT2D eigenvalue weighted by atomic mass is 35.5. The number of methoxy groups -OCH3 is 1. The molecule has 168 valence electrons. The Morgan fingerprint density at radius 2 is 1.91 bits per heavy atom. The molecule has 32 heavy (non-hydrogen) atoms. The van der Waals surface area contributed by atoms with Crippen LogP contribution in [0.2, 0.25) is 5.02 Å². The van der Waals surface area contributed by atoms with Crippen LogP contribution < -0.4 is 19.5 Å². The first-order valence-corrected chi connectivity index (χ1v) is 9.31. The Hall–Kier alpha value is -3.53. The van der Waals surface area contributed by atoms with Crippen molar-refractivity contribution in [2.45, 2.75) is 13.1 Å². The van der Waals surface area contributed by atoms with Crippen molar-refractivity contribution >= 4 is 23.2 Å². The van der Waals surface area contributed by atoms with Gasteiger partial charge in [-0.3, -0.25) is 4.79 Å². The van der Waals surface area contributed by atoms with Crippen LogP contribution in [-0.2, 0) is 6.18 Å². The number of pyridine rings is 1. The zero-order valence-electron chi connectivity index (χ0n) is 16.6. The largest absolute Gasteiger partial charge is 0.619 e. The van der Waals surface area contributed by atoms with Crippen LogP contribution in [0.5, 0.6) is 17.2 Å². The molecule has 0 aliphatic carbocycles. The van der Waals surface area contributed by atoms with Gasteiger partial charge in [-0.2, -0.15) is 17.9 Å². The van der Waals surface area contributed by atoms with Gasteiger partial charge in [-0.15, -0.1) is 0 Å². The second-order valence-electron chi connectivity index (χ2n) is 6.56. The van der Waals surface area contributed by atoms with Crippen molar-refractivity contribution in [1.82, 2.24) is 0 Å². The summed E-state index contributed by atoms with van der Waals surface area (Å²) in [5, 5.41) is 13.0. The van der Waals surface area contributed by atoms with Gasteiger partial charge in [-0.05, 0) is 42.8 Å². The molecule has 6 nitrogen and oxygen atoms in total. The molecule has 3 rings (SSSR count). The molecule has 11 heteroatoms. The number of carbonyl (C=O) groups is 1. The lowest BCUT2D eigenvalue weighted by molar-refractivity contribution is -0.604. The van der Waals surface area contributed by atoms with Crippen molar-refractivity contribution in [3.05, 3.63) is 81.5 Å². The topological polar surface area (TPSA) is 74.5 Å². The average molecular weight is 471 g/mol. The van der Waals surface area contributed by atoms with Gasteiger partial charge in [0.2, 0.25) is 6.20 Å². The van der Waals surface area contributed by atoms with E-state index in [1.165, 1.54) is 31.3 Å². The van der Waals surface area contributed by atoms with E-state index in [0.29, 0.717) is 10.8 Å². The Labute approximate surface area is 184 Å². The summed E-state index contributed by atoms with van der Waals surface area (Å²) in [6, 6.07) is 6.69. The first-order chi connectivity index (χ1) is 15.0. The van der Waals surface area contributed by atoms with Crippen LogP contribution in [0.15, 0.2) is 48.8 Å². The van der Waals surface area contributed by atoms with Crippen molar-refractivity contribution in [3.8, 4) is 17.2 Å². The van der Waals surface area contributed by atoms with E-state index in [2.05, 4.69) is 5.32 Å². The standard InChI is InChI=1S/C21H15ClF4N2O4/c1-11-8-12(23)5-6-15(11)32-16-9-14(21(24,25)26)18(22)19(31-2)17(16)20(29)27-13-4-3-7-28(30)10-13/h3-10H,1-2H3,(H,27,29). The van der Waals surface area contributed by atoms with Crippen molar-refractivity contribution in [3.63, 3.8) is 0 Å². The van der Waals surface area contributed by atoms with Crippen LogP contribution in [0.1, 0.15) is 21.5 Å². The lowest BCUT2D eigenvalue weighted by Crippen LogP contribution is -2.26. The monoisotopic (exact) mass is 470 g/mol. The second-order valence-corrected chi connectivity index (χ2v) is 6.94. The third-order valence-corrected chi connectivity index (χ3v) is 4.69. The predicted octanol–water partition coefficient (Wildman–Crippen LogP) is 5.49. The minimum absolute atomic E-state index is 0.00932. The minimum Gasteiger partial charge on any atom is -0.619 e. The first-order valence-electron chi connectivity index (χ1n) is 8.93. The van der Waals surface area contributed by atoms with Gasteiger partial charge in [0.05, 0.1) is 17.7 Å². The highest BCUT2D eigenvalue weighted by Gasteiger charge is 2.38. The van der Waals surface area contributed by atoms with Gasteiger partial charge in [0.1, 0.15) is 28.6 Å². The molecule has 3 aromatic rings. The van der Waals surface area contributed by atoms with Gasteiger partial charge < -0.3 is 20.0 Å². The molecule has 0 fully saturated rings. The van der Waals surface area contributed by atoms with Crippen molar-refractivity contribution in [2.75, 3.05) is 12.4 Å². The zero-order valence-corrected chi connectivity index (χ0v) is 17.3. The van der Waals surface area contributed by atoms with E-state index in [-0.39, 0.29) is 17.0 Å². The number of benzene rings is 2. The zero-order chi connectivity index (χ0) is 23.6. The molecule has 0 aliphatic rings. The smallest absolute Gasteiger partial charge is 0.418 e. The molecule has 0 radical (unpaired) electrons. The van der Waals surface area contributed by atoms with E-state index in [1.54, 1.807) is 0 Å². The van der Waals surface area contributed by atoms with Crippen LogP contribution >= 0.6 is 11.6 Å². The lowest BCUT2D eigenvalue weighted by atomic mass is 10.1. The maximum absolute atomic E-state index is 13.6. The van der Waals surface area contributed by atoms with E-state index in [4.69, 9.17) is 21.1 Å². The summed E-state index contributed by atoms with van der Waals surface area (Å²) in [6.45, 7) is 1.48. The summed E-state index contributed by atoms with van der Waals surface area (Å²) >= 11 is 5.91. The number of alkyl halides is 3. The fourth-order valence-electron chi connectivity index (χ4n) is 2.87. The van der Waals surface area contributed by atoms with Crippen molar-refractivity contribution < 1.29 is 36.6 Å². The Bertz CT molecular complexity index is 1190. The molecule has 1 heterocycles. The van der Waals surface area contributed by atoms with Gasteiger partial charge in [-0.1, -0.05) is 11.6 Å². The number of halogens is 5. The normalized spacial score (nSPS) is 11.2. The molecule has 1 amide bonds. The number of aryl methyl sites for hydroxylation is 1. The molecule has 0 aliphatic heterocycles. The Morgan fingerprint density at radius 3 is 2.50 bits per heavy atom. The van der Waals surface area contributed by atoms with E-state index in [9.17, 15) is 27.6 Å². The molecule has 0 saturated heterocycles. The summed E-state index contributed by atoms with van der Waals surface area (Å²) < 4.78 is 65.1. The maximum atomic E-state index is 13.6. The maximum Gasteiger partial charge on any atom is 0.418 e. The molecule has 0 unspecified atom stereocenters. The number of carbonyl (C=O) groups excluding carboxylic acids is 1. The summed E-state index contributed by atoms with van der Waals surface area (Å²) in [4.78, 5) is 13.0. The van der Waals surface area contributed by atoms with Crippen LogP contribution in [-0.4, -0.2) is 13.0 Å². The highest BCUT2D eigenvalue weighted by molar-refractivity contribution is 6.34. The van der Waals surface area contributed by atoms with Crippen LogP contribution in [0.3, 0.4) is 0 Å². The first kappa shape index (κ1) is 23.1. The fraction of sp³-hybridized carbons (Fsp3) is 0.143. The minimum atomic E-state index is -4.89. The number of hydrogen-bond donors (Lipinski definition) is 1. The van der Waals surface area contributed by atoms with Gasteiger partial charge in [0.25, 0.3) is 5.91 Å². The van der Waals surface area contributed by atoms with E-state index in [1.807, 2.05) is 0 Å². The number of nitrogens with one attached hydrogen (secondary N) is 1. The van der Waals surface area contributed by atoms with E-state index in [0.717, 1.165) is 25.4 Å². The molecule has 0 bridgehead atoms. The number of hydrogen-bond acceptors (Lipinski definition) is 4. The number of nitrogens with zero attached hydrogens (tertiary/aromatic N) is 1. The fourth-order valence-corrected chi connectivity index (χ4v) is 3.21. The number of ether oxygens (including phenoxy) is 2. The average Bonchev–Trinajstić information content (AvgIpc) is 2.69. The molecule has 2 aromatic carbocycles. The van der Waals surface area contributed by atoms with Crippen LogP contribution in [0, 0.1) is 17.9 Å². The number of anilines is 1. The van der Waals surface area contributed by atoms with Crippen LogP contribution in [0.25, 0.3) is 0 Å².